The van der Waals surface area contributed by atoms with Crippen LogP contribution in [0.15, 0.2) is 16.8 Å². The van der Waals surface area contributed by atoms with Gasteiger partial charge >= 0.3 is 5.97 Å². The van der Waals surface area contributed by atoms with Crippen LogP contribution in [0.4, 0.5) is 0 Å². The van der Waals surface area contributed by atoms with Crippen LogP contribution in [0.1, 0.15) is 6.92 Å². The number of thiocarbonyl (C=S) groups is 1. The van der Waals surface area contributed by atoms with Gasteiger partial charge < -0.3 is 5.11 Å². The Morgan fingerprint density at radius 3 is 2.75 bits per heavy atom. The maximum atomic E-state index is 11.1. The molecule has 0 fully saturated rings. The summed E-state index contributed by atoms with van der Waals surface area (Å²) in [6, 6.07) is 0. The summed E-state index contributed by atoms with van der Waals surface area (Å²) >= 11 is 4.69. The molecule has 0 aromatic rings. The van der Waals surface area contributed by atoms with Crippen molar-refractivity contribution < 1.29 is 14.7 Å². The predicted octanol–water partition coefficient (Wildman–Crippen LogP) is 0.368. The number of Topliss-reactive ketones (excluding diaryl/α,β-unsaturated/α-hetero) is 1. The van der Waals surface area contributed by atoms with Crippen molar-refractivity contribution in [1.29, 1.82) is 0 Å². The minimum atomic E-state index is -1.34. The van der Waals surface area contributed by atoms with Crippen molar-refractivity contribution in [3.05, 3.63) is 11.8 Å². The first-order valence-corrected chi connectivity index (χ1v) is 3.51. The largest absolute Gasteiger partial charge is 0.476 e. The molecule has 0 saturated carbocycles. The van der Waals surface area contributed by atoms with Crippen molar-refractivity contribution in [2.45, 2.75) is 6.92 Å². The molecule has 0 bridgehead atoms. The topological polar surface area (TPSA) is 66.7 Å². The average molecular weight is 183 g/mol. The molecule has 1 aliphatic rings. The summed E-state index contributed by atoms with van der Waals surface area (Å²) in [6.07, 6.45) is 1.28. The highest BCUT2D eigenvalue weighted by Gasteiger charge is 2.26. The van der Waals surface area contributed by atoms with Crippen LogP contribution in [0.5, 0.6) is 0 Å². The lowest BCUT2D eigenvalue weighted by Crippen LogP contribution is -2.31. The molecule has 62 valence electrons. The molecule has 0 spiro atoms. The standard InChI is InChI=1S/C7H5NO3S/c1-3-2-8-4(7(10)11)5(9)6(3)12/h2H,1H3,(H,10,11). The number of hydrogen-bond donors (Lipinski definition) is 1. The third kappa shape index (κ3) is 1.31. The molecule has 0 unspecified atom stereocenters. The third-order valence-electron chi connectivity index (χ3n) is 1.37. The van der Waals surface area contributed by atoms with E-state index in [1.165, 1.54) is 6.20 Å². The Hall–Kier alpha value is -1.36. The molecule has 0 aromatic carbocycles. The molecule has 0 amide bonds. The Balaban J connectivity index is 3.15. The number of rotatable bonds is 1. The number of allylic oxidation sites excluding steroid dienone is 1. The second-order valence-electron chi connectivity index (χ2n) is 2.25. The summed E-state index contributed by atoms with van der Waals surface area (Å²) < 4.78 is 0. The number of carbonyl (C=O) groups is 2. The first-order valence-electron chi connectivity index (χ1n) is 3.11. The second-order valence-corrected chi connectivity index (χ2v) is 2.66. The van der Waals surface area contributed by atoms with E-state index in [1.807, 2.05) is 0 Å². The maximum Gasteiger partial charge on any atom is 0.358 e. The van der Waals surface area contributed by atoms with E-state index in [0.29, 0.717) is 5.57 Å². The second kappa shape index (κ2) is 2.94. The van der Waals surface area contributed by atoms with Crippen molar-refractivity contribution in [3.8, 4) is 0 Å². The van der Waals surface area contributed by atoms with E-state index in [0.717, 1.165) is 0 Å². The summed E-state index contributed by atoms with van der Waals surface area (Å²) in [6.45, 7) is 1.61. The number of aliphatic carboxylic acids is 1. The Morgan fingerprint density at radius 1 is 1.67 bits per heavy atom. The fraction of sp³-hybridized carbons (Fsp3) is 0.143. The number of aliphatic imine (C=N–C) groups is 1. The van der Waals surface area contributed by atoms with Crippen molar-refractivity contribution >= 4 is 34.5 Å². The third-order valence-corrected chi connectivity index (χ3v) is 1.88. The van der Waals surface area contributed by atoms with Gasteiger partial charge in [-0.25, -0.2) is 9.79 Å². The van der Waals surface area contributed by atoms with Crippen LogP contribution < -0.4 is 0 Å². The minimum absolute atomic E-state index is 0.0300. The number of ketones is 1. The van der Waals surface area contributed by atoms with Crippen molar-refractivity contribution in [2.75, 3.05) is 0 Å². The summed E-state index contributed by atoms with van der Waals surface area (Å²) in [7, 11) is 0. The van der Waals surface area contributed by atoms with E-state index >= 15 is 0 Å². The average Bonchev–Trinajstić information content (AvgIpc) is 2.00. The lowest BCUT2D eigenvalue weighted by atomic mass is 10.1. The highest BCUT2D eigenvalue weighted by Crippen LogP contribution is 2.06. The first-order chi connectivity index (χ1) is 5.54. The normalized spacial score (nSPS) is 17.1. The summed E-state index contributed by atoms with van der Waals surface area (Å²) in [5.74, 6) is -2.02. The molecule has 1 rings (SSSR count). The fourth-order valence-electron chi connectivity index (χ4n) is 0.718. The summed E-state index contributed by atoms with van der Waals surface area (Å²) in [4.78, 5) is 24.9. The Bertz CT molecular complexity index is 341. The Labute approximate surface area is 73.6 Å². The zero-order valence-electron chi connectivity index (χ0n) is 6.20. The van der Waals surface area contributed by atoms with Crippen LogP contribution in [-0.4, -0.2) is 27.4 Å². The molecule has 4 nitrogen and oxygen atoms in total. The number of carboxylic acid groups (broad SMARTS) is 1. The van der Waals surface area contributed by atoms with Gasteiger partial charge in [0.1, 0.15) is 0 Å². The van der Waals surface area contributed by atoms with Crippen LogP contribution >= 0.6 is 12.2 Å². The number of carboxylic acids is 1. The molecule has 0 saturated heterocycles. The zero-order chi connectivity index (χ0) is 9.30. The molecule has 5 heteroatoms. The van der Waals surface area contributed by atoms with Crippen LogP contribution in [0, 0.1) is 0 Å². The lowest BCUT2D eigenvalue weighted by Gasteiger charge is -2.06. The molecule has 0 radical (unpaired) electrons. The van der Waals surface area contributed by atoms with Gasteiger partial charge in [-0.15, -0.1) is 0 Å². The highest BCUT2D eigenvalue weighted by molar-refractivity contribution is 7.83. The molecular weight excluding hydrogens is 178 g/mol. The van der Waals surface area contributed by atoms with Gasteiger partial charge in [-0.1, -0.05) is 12.2 Å². The lowest BCUT2D eigenvalue weighted by molar-refractivity contribution is -0.129. The van der Waals surface area contributed by atoms with E-state index in [2.05, 4.69) is 17.2 Å². The summed E-state index contributed by atoms with van der Waals surface area (Å²) in [5.41, 5.74) is 0.0191. The molecular formula is C7H5NO3S. The molecule has 0 aliphatic carbocycles. The minimum Gasteiger partial charge on any atom is -0.476 e. The van der Waals surface area contributed by atoms with Gasteiger partial charge in [0.05, 0.1) is 4.86 Å². The number of nitrogens with zero attached hydrogens (tertiary/aromatic N) is 1. The van der Waals surface area contributed by atoms with Crippen molar-refractivity contribution in [1.82, 2.24) is 0 Å². The molecule has 1 N–H and O–H groups in total. The van der Waals surface area contributed by atoms with E-state index in [1.54, 1.807) is 6.92 Å². The Kier molecular flexibility index (Phi) is 2.14. The van der Waals surface area contributed by atoms with Gasteiger partial charge in [-0.3, -0.25) is 4.79 Å². The SMILES string of the molecule is CC1=CN=C(C(=O)O)C(=O)C1=S. The van der Waals surface area contributed by atoms with Crippen LogP contribution in [0.3, 0.4) is 0 Å². The maximum absolute atomic E-state index is 11.1. The van der Waals surface area contributed by atoms with Gasteiger partial charge in [0.25, 0.3) is 0 Å². The number of hydrogen-bond acceptors (Lipinski definition) is 4. The van der Waals surface area contributed by atoms with E-state index < -0.39 is 17.5 Å². The molecule has 1 heterocycles. The van der Waals surface area contributed by atoms with Gasteiger partial charge in [-0.2, -0.15) is 0 Å². The van der Waals surface area contributed by atoms with Crippen LogP contribution in [0.25, 0.3) is 0 Å². The highest BCUT2D eigenvalue weighted by atomic mass is 32.1. The fourth-order valence-corrected chi connectivity index (χ4v) is 0.867. The molecule has 0 aromatic heterocycles. The van der Waals surface area contributed by atoms with E-state index in [4.69, 9.17) is 5.11 Å². The number of carbonyl (C=O) groups excluding carboxylic acids is 1. The van der Waals surface area contributed by atoms with Gasteiger partial charge in [-0.05, 0) is 12.5 Å². The zero-order valence-corrected chi connectivity index (χ0v) is 7.01. The molecule has 0 atom stereocenters. The van der Waals surface area contributed by atoms with E-state index in [-0.39, 0.29) is 4.86 Å². The van der Waals surface area contributed by atoms with Gasteiger partial charge in [0.15, 0.2) is 5.71 Å². The van der Waals surface area contributed by atoms with Gasteiger partial charge in [0, 0.05) is 6.20 Å². The monoisotopic (exact) mass is 183 g/mol. The van der Waals surface area contributed by atoms with Crippen LogP contribution in [-0.2, 0) is 9.59 Å². The quantitative estimate of drug-likeness (QED) is 0.596. The first kappa shape index (κ1) is 8.73. The van der Waals surface area contributed by atoms with Gasteiger partial charge in [0.2, 0.25) is 5.78 Å². The van der Waals surface area contributed by atoms with Crippen molar-refractivity contribution in [3.63, 3.8) is 0 Å². The van der Waals surface area contributed by atoms with E-state index in [9.17, 15) is 9.59 Å². The smallest absolute Gasteiger partial charge is 0.358 e. The molecule has 1 aliphatic heterocycles. The van der Waals surface area contributed by atoms with Crippen LogP contribution in [0.2, 0.25) is 0 Å². The predicted molar refractivity (Wildman–Crippen MR) is 46.4 cm³/mol. The van der Waals surface area contributed by atoms with Crippen molar-refractivity contribution in [2.24, 2.45) is 4.99 Å². The molecule has 12 heavy (non-hydrogen) atoms. The summed E-state index contributed by atoms with van der Waals surface area (Å²) in [5, 5.41) is 8.47. The Morgan fingerprint density at radius 2 is 2.25 bits per heavy atom.